The molecule has 4 atom stereocenters. The molecule has 1 aliphatic heterocycles. The minimum Gasteiger partial charge on any atom is -0.510 e. The smallest absolute Gasteiger partial charge is 0.255 e. The predicted molar refractivity (Wildman–Crippen MR) is 143 cm³/mol. The molecule has 1 aromatic rings. The van der Waals surface area contributed by atoms with E-state index in [2.05, 4.69) is 11.8 Å². The van der Waals surface area contributed by atoms with E-state index >= 15 is 0 Å². The Morgan fingerprint density at radius 2 is 1.77 bits per heavy atom. The van der Waals surface area contributed by atoms with Crippen LogP contribution in [0.5, 0.6) is 5.75 Å². The van der Waals surface area contributed by atoms with Gasteiger partial charge in [0.2, 0.25) is 5.78 Å². The Labute approximate surface area is 231 Å². The van der Waals surface area contributed by atoms with Gasteiger partial charge in [0.15, 0.2) is 17.2 Å². The van der Waals surface area contributed by atoms with Crippen LogP contribution < -0.4 is 5.73 Å². The molecule has 0 radical (unpaired) electrons. The molecule has 11 nitrogen and oxygen atoms in total. The Kier molecular flexibility index (Phi) is 6.88. The van der Waals surface area contributed by atoms with Crippen LogP contribution in [-0.4, -0.2) is 98.9 Å². The van der Waals surface area contributed by atoms with E-state index in [0.29, 0.717) is 17.0 Å². The SMILES string of the molecule is CC1CCN(CC(=O)c2ccc(O)c3c2C[C@H]2C[C@H]4C(N(C)C)C(O)=C(C(N)=O)C(=O)[C@@]4(O)C(O)=C2C3=O)CC1. The molecule has 4 aliphatic rings. The minimum atomic E-state index is -2.70. The molecule has 40 heavy (non-hydrogen) atoms. The highest BCUT2D eigenvalue weighted by Gasteiger charge is 2.63. The molecule has 0 spiro atoms. The number of phenolic OH excluding ortho intramolecular Hbond substituents is 1. The normalized spacial score (nSPS) is 29.4. The average molecular weight is 554 g/mol. The number of aliphatic hydroxyl groups excluding tert-OH is 2. The van der Waals surface area contributed by atoms with Crippen LogP contribution in [0.3, 0.4) is 0 Å². The van der Waals surface area contributed by atoms with Gasteiger partial charge in [0.25, 0.3) is 5.91 Å². The zero-order valence-electron chi connectivity index (χ0n) is 22.8. The number of hydrogen-bond donors (Lipinski definition) is 5. The fraction of sp³-hybridized carbons (Fsp3) is 0.517. The molecule has 5 rings (SSSR count). The molecule has 1 aromatic carbocycles. The maximum absolute atomic E-state index is 13.8. The fourth-order valence-corrected chi connectivity index (χ4v) is 7.02. The number of aliphatic hydroxyl groups is 3. The fourth-order valence-electron chi connectivity index (χ4n) is 7.02. The van der Waals surface area contributed by atoms with Crippen LogP contribution in [-0.2, 0) is 16.0 Å². The van der Waals surface area contributed by atoms with Gasteiger partial charge in [-0.3, -0.25) is 29.0 Å². The van der Waals surface area contributed by atoms with Crippen LogP contribution in [0.25, 0.3) is 0 Å². The number of allylic oxidation sites excluding steroid dienone is 1. The monoisotopic (exact) mass is 553 g/mol. The summed E-state index contributed by atoms with van der Waals surface area (Å²) in [6.45, 7) is 3.93. The number of nitrogens with two attached hydrogens (primary N) is 1. The van der Waals surface area contributed by atoms with E-state index in [-0.39, 0.29) is 42.1 Å². The Morgan fingerprint density at radius 3 is 2.38 bits per heavy atom. The number of carbonyl (C=O) groups excluding carboxylic acids is 4. The third-order valence-corrected chi connectivity index (χ3v) is 9.15. The lowest BCUT2D eigenvalue weighted by atomic mass is 9.58. The van der Waals surface area contributed by atoms with Gasteiger partial charge < -0.3 is 26.2 Å². The van der Waals surface area contributed by atoms with Crippen LogP contribution >= 0.6 is 0 Å². The number of Topliss-reactive ketones (excluding diaryl/α,β-unsaturated/α-hetero) is 3. The molecule has 1 heterocycles. The van der Waals surface area contributed by atoms with Crippen molar-refractivity contribution in [3.05, 3.63) is 51.5 Å². The Morgan fingerprint density at radius 1 is 1.12 bits per heavy atom. The number of rotatable bonds is 5. The van der Waals surface area contributed by atoms with E-state index in [0.717, 1.165) is 25.9 Å². The first-order valence-corrected chi connectivity index (χ1v) is 13.5. The van der Waals surface area contributed by atoms with Gasteiger partial charge in [-0.15, -0.1) is 0 Å². The van der Waals surface area contributed by atoms with Crippen molar-refractivity contribution in [3.63, 3.8) is 0 Å². The average Bonchev–Trinajstić information content (AvgIpc) is 2.87. The summed E-state index contributed by atoms with van der Waals surface area (Å²) in [5.41, 5.74) is 2.07. The molecule has 1 fully saturated rings. The Balaban J connectivity index is 1.59. The Bertz CT molecular complexity index is 1390. The predicted octanol–water partition coefficient (Wildman–Crippen LogP) is 1.04. The molecule has 0 saturated carbocycles. The van der Waals surface area contributed by atoms with Crippen LogP contribution in [0, 0.1) is 17.8 Å². The van der Waals surface area contributed by atoms with Crippen molar-refractivity contribution >= 4 is 23.3 Å². The second-order valence-corrected chi connectivity index (χ2v) is 11.8. The van der Waals surface area contributed by atoms with Gasteiger partial charge in [0.1, 0.15) is 22.8 Å². The van der Waals surface area contributed by atoms with Gasteiger partial charge >= 0.3 is 0 Å². The summed E-state index contributed by atoms with van der Waals surface area (Å²) in [4.78, 5) is 56.3. The molecule has 11 heteroatoms. The summed E-state index contributed by atoms with van der Waals surface area (Å²) in [5.74, 6) is -6.73. The zero-order chi connectivity index (χ0) is 29.3. The van der Waals surface area contributed by atoms with Gasteiger partial charge in [-0.2, -0.15) is 0 Å². The van der Waals surface area contributed by atoms with Crippen molar-refractivity contribution < 1.29 is 39.6 Å². The van der Waals surface area contributed by atoms with Crippen LogP contribution in [0.1, 0.15) is 52.5 Å². The van der Waals surface area contributed by atoms with Gasteiger partial charge in [0.05, 0.1) is 18.2 Å². The third kappa shape index (κ3) is 4.06. The van der Waals surface area contributed by atoms with Gasteiger partial charge in [0, 0.05) is 17.1 Å². The number of carbonyl (C=O) groups is 4. The highest BCUT2D eigenvalue weighted by Crippen LogP contribution is 2.52. The molecule has 0 bridgehead atoms. The molecule has 214 valence electrons. The van der Waals surface area contributed by atoms with Crippen LogP contribution in [0.2, 0.25) is 0 Å². The van der Waals surface area contributed by atoms with Crippen molar-refractivity contribution in [2.24, 2.45) is 23.5 Å². The van der Waals surface area contributed by atoms with E-state index in [1.165, 1.54) is 17.0 Å². The van der Waals surface area contributed by atoms with E-state index in [9.17, 15) is 39.6 Å². The zero-order valence-corrected chi connectivity index (χ0v) is 22.8. The lowest BCUT2D eigenvalue weighted by Gasteiger charge is -2.50. The first-order chi connectivity index (χ1) is 18.8. The number of likely N-dealkylation sites (N-methyl/N-ethyl adjacent to an activating group) is 1. The van der Waals surface area contributed by atoms with E-state index in [1.807, 2.05) is 0 Å². The van der Waals surface area contributed by atoms with Crippen LogP contribution in [0.15, 0.2) is 34.8 Å². The number of fused-ring (bicyclic) bond motifs is 3. The second-order valence-electron chi connectivity index (χ2n) is 11.8. The molecule has 3 aliphatic carbocycles. The minimum absolute atomic E-state index is 0.0287. The van der Waals surface area contributed by atoms with Crippen molar-refractivity contribution in [2.75, 3.05) is 33.7 Å². The number of hydrogen-bond acceptors (Lipinski definition) is 10. The summed E-state index contributed by atoms with van der Waals surface area (Å²) in [6, 6.07) is 1.70. The second kappa shape index (κ2) is 9.83. The standard InChI is InChI=1S/C29H35N3O8/c1-13-6-8-32(9-7-13)12-19(34)15-4-5-18(33)21-16(15)10-14-11-17-23(31(2)3)25(36)22(28(30)39)27(38)29(17,40)26(37)20(14)24(21)35/h4-5,13-14,17,23,33,36-37,40H,6-12H2,1-3H3,(H2,30,39)/t14-,17-,23?,29-/m0/s1. The maximum Gasteiger partial charge on any atom is 0.255 e. The molecular weight excluding hydrogens is 518 g/mol. The maximum atomic E-state index is 13.8. The van der Waals surface area contributed by atoms with E-state index < -0.39 is 58.0 Å². The summed E-state index contributed by atoms with van der Waals surface area (Å²) < 4.78 is 0. The lowest BCUT2D eigenvalue weighted by molar-refractivity contribution is -0.148. The number of amides is 1. The molecule has 6 N–H and O–H groups in total. The molecular formula is C29H35N3O8. The van der Waals surface area contributed by atoms with Crippen molar-refractivity contribution in [2.45, 2.75) is 44.2 Å². The number of likely N-dealkylation sites (tertiary alicyclic amines) is 1. The van der Waals surface area contributed by atoms with Crippen molar-refractivity contribution in [3.8, 4) is 5.75 Å². The summed E-state index contributed by atoms with van der Waals surface area (Å²) >= 11 is 0. The third-order valence-electron chi connectivity index (χ3n) is 9.15. The molecule has 0 aromatic heterocycles. The number of benzene rings is 1. The number of nitrogens with zero attached hydrogens (tertiary/aromatic N) is 2. The molecule has 1 saturated heterocycles. The van der Waals surface area contributed by atoms with E-state index in [4.69, 9.17) is 5.73 Å². The molecule has 1 amide bonds. The quantitative estimate of drug-likeness (QED) is 0.261. The topological polar surface area (TPSA) is 182 Å². The van der Waals surface area contributed by atoms with Crippen LogP contribution in [0.4, 0.5) is 0 Å². The first kappa shape index (κ1) is 28.0. The first-order valence-electron chi connectivity index (χ1n) is 13.5. The highest BCUT2D eigenvalue weighted by atomic mass is 16.3. The Hall–Kier alpha value is -3.54. The number of ketones is 3. The van der Waals surface area contributed by atoms with Gasteiger partial charge in [-0.1, -0.05) is 6.92 Å². The molecule has 1 unspecified atom stereocenters. The largest absolute Gasteiger partial charge is 0.510 e. The summed E-state index contributed by atoms with van der Waals surface area (Å²) in [7, 11) is 3.15. The highest BCUT2D eigenvalue weighted by molar-refractivity contribution is 6.25. The summed E-state index contributed by atoms with van der Waals surface area (Å²) in [6.07, 6.45) is 2.04. The van der Waals surface area contributed by atoms with Crippen molar-refractivity contribution in [1.29, 1.82) is 0 Å². The van der Waals surface area contributed by atoms with Gasteiger partial charge in [-0.25, -0.2) is 0 Å². The van der Waals surface area contributed by atoms with E-state index in [1.54, 1.807) is 14.1 Å². The number of piperidine rings is 1. The van der Waals surface area contributed by atoms with Gasteiger partial charge in [-0.05, 0) is 82.4 Å². The number of phenols is 1. The number of aromatic hydroxyl groups is 1. The summed E-state index contributed by atoms with van der Waals surface area (Å²) in [5, 5.41) is 44.6. The van der Waals surface area contributed by atoms with Crippen molar-refractivity contribution in [1.82, 2.24) is 9.80 Å². The lowest BCUT2D eigenvalue weighted by Crippen LogP contribution is -2.63. The number of primary amides is 1.